The summed E-state index contributed by atoms with van der Waals surface area (Å²) in [6, 6.07) is 4.90. The molecule has 0 aliphatic carbocycles. The maximum atomic E-state index is 9.15. The molecule has 2 N–H and O–H groups in total. The number of benzene rings is 1. The second kappa shape index (κ2) is 3.71. The maximum Gasteiger partial charge on any atom is 0.121 e. The summed E-state index contributed by atoms with van der Waals surface area (Å²) in [6.07, 6.45) is 0. The predicted molar refractivity (Wildman–Crippen MR) is 43.2 cm³/mol. The van der Waals surface area contributed by atoms with Crippen LogP contribution in [0.15, 0.2) is 22.7 Å². The van der Waals surface area contributed by atoms with Crippen molar-refractivity contribution in [1.29, 1.82) is 0 Å². The highest BCUT2D eigenvalue weighted by atomic mass is 79.9. The van der Waals surface area contributed by atoms with Gasteiger partial charge in [-0.05, 0) is 18.2 Å². The summed E-state index contributed by atoms with van der Waals surface area (Å²) in [5.74, 6) is 0.113. The van der Waals surface area contributed by atoms with Gasteiger partial charge in [0.1, 0.15) is 12.4 Å². The quantitative estimate of drug-likeness (QED) is 0.591. The van der Waals surface area contributed by atoms with Crippen molar-refractivity contribution in [2.45, 2.75) is 6.61 Å². The summed E-state index contributed by atoms with van der Waals surface area (Å²) in [5.41, 5.74) is 0.543. The van der Waals surface area contributed by atoms with Crippen LogP contribution in [0, 0.1) is 0 Å². The van der Waals surface area contributed by atoms with E-state index in [-0.39, 0.29) is 12.4 Å². The molecule has 1 aromatic carbocycles. The van der Waals surface area contributed by atoms with E-state index >= 15 is 0 Å². The van der Waals surface area contributed by atoms with Gasteiger partial charge in [0.15, 0.2) is 0 Å². The third kappa shape index (κ3) is 2.18. The minimum atomic E-state index is -0.00866. The van der Waals surface area contributed by atoms with Crippen LogP contribution in [0.3, 0.4) is 0 Å². The molecule has 0 bridgehead atoms. The van der Waals surface area contributed by atoms with Gasteiger partial charge in [-0.1, -0.05) is 15.9 Å². The lowest BCUT2D eigenvalue weighted by Crippen LogP contribution is -1.87. The van der Waals surface area contributed by atoms with Crippen molar-refractivity contribution in [2.24, 2.45) is 0 Å². The van der Waals surface area contributed by atoms with Gasteiger partial charge >= 0.3 is 0 Å². The molecule has 0 saturated carbocycles. The van der Waals surface area contributed by atoms with Crippen LogP contribution < -0.4 is 0 Å². The monoisotopic (exact) mass is 218 g/mol. The molecule has 0 aromatic heterocycles. The fraction of sp³-hybridized carbons (Fsp3) is 0.143. The Labute approximate surface area is 72.3 Å². The van der Waals surface area contributed by atoms with Gasteiger partial charge in [0, 0.05) is 10.0 Å². The summed E-state index contributed by atoms with van der Waals surface area (Å²) < 4.78 is 0.836. The number of aromatic hydroxyl groups is 1. The van der Waals surface area contributed by atoms with Crippen LogP contribution in [0.2, 0.25) is 0 Å². The van der Waals surface area contributed by atoms with Crippen LogP contribution in [0.5, 0.6) is 5.75 Å². The Hall–Kier alpha value is -0.580. The molecule has 0 spiro atoms. The summed E-state index contributed by atoms with van der Waals surface area (Å²) in [5, 5.41) is 17.3. The van der Waals surface area contributed by atoms with Gasteiger partial charge in [0.25, 0.3) is 0 Å². The Morgan fingerprint density at radius 3 is 2.82 bits per heavy atom. The summed E-state index contributed by atoms with van der Waals surface area (Å²) in [6.45, 7) is -0.00866. The molecule has 0 atom stereocenters. The van der Waals surface area contributed by atoms with E-state index in [1.165, 1.54) is 6.07 Å². The highest BCUT2D eigenvalue weighted by Crippen LogP contribution is 2.21. The first-order valence-corrected chi connectivity index (χ1v) is 3.77. The van der Waals surface area contributed by atoms with Crippen molar-refractivity contribution >= 4 is 15.9 Å². The van der Waals surface area contributed by atoms with Crippen LogP contribution in [0.25, 0.3) is 0 Å². The van der Waals surface area contributed by atoms with E-state index in [2.05, 4.69) is 20.8 Å². The molecular weight excluding hydrogens is 212 g/mol. The molecule has 0 amide bonds. The third-order valence-corrected chi connectivity index (χ3v) is 1.75. The SMILES string of the molecule is OOCc1cc(Br)ccc1O. The molecule has 0 heterocycles. The van der Waals surface area contributed by atoms with E-state index in [0.717, 1.165) is 4.47 Å². The normalized spacial score (nSPS) is 10.0. The van der Waals surface area contributed by atoms with Crippen LogP contribution in [-0.4, -0.2) is 10.4 Å². The largest absolute Gasteiger partial charge is 0.508 e. The molecule has 3 nitrogen and oxygen atoms in total. The Bertz CT molecular complexity index is 249. The van der Waals surface area contributed by atoms with E-state index in [1.54, 1.807) is 12.1 Å². The zero-order valence-corrected chi connectivity index (χ0v) is 7.21. The Morgan fingerprint density at radius 1 is 1.45 bits per heavy atom. The molecule has 11 heavy (non-hydrogen) atoms. The highest BCUT2D eigenvalue weighted by molar-refractivity contribution is 9.10. The molecule has 0 aliphatic rings. The molecule has 0 saturated heterocycles. The number of phenolic OH excluding ortho intramolecular Hbond substituents is 1. The van der Waals surface area contributed by atoms with Gasteiger partial charge in [-0.15, -0.1) is 0 Å². The van der Waals surface area contributed by atoms with Crippen molar-refractivity contribution in [2.75, 3.05) is 0 Å². The van der Waals surface area contributed by atoms with E-state index < -0.39 is 0 Å². The molecule has 0 unspecified atom stereocenters. The molecule has 1 rings (SSSR count). The second-order valence-electron chi connectivity index (χ2n) is 2.05. The van der Waals surface area contributed by atoms with Gasteiger partial charge in [-0.25, -0.2) is 4.89 Å². The number of phenols is 1. The van der Waals surface area contributed by atoms with Gasteiger partial charge < -0.3 is 5.11 Å². The lowest BCUT2D eigenvalue weighted by Gasteiger charge is -2.01. The zero-order chi connectivity index (χ0) is 8.27. The zero-order valence-electron chi connectivity index (χ0n) is 5.62. The number of hydrogen-bond donors (Lipinski definition) is 2. The maximum absolute atomic E-state index is 9.15. The smallest absolute Gasteiger partial charge is 0.121 e. The molecule has 60 valence electrons. The fourth-order valence-electron chi connectivity index (χ4n) is 0.739. The minimum Gasteiger partial charge on any atom is -0.508 e. The molecule has 0 aliphatic heterocycles. The topological polar surface area (TPSA) is 49.7 Å². The molecule has 0 radical (unpaired) electrons. The third-order valence-electron chi connectivity index (χ3n) is 1.26. The lowest BCUT2D eigenvalue weighted by atomic mass is 10.2. The number of halogens is 1. The Balaban J connectivity index is 2.93. The van der Waals surface area contributed by atoms with Crippen molar-refractivity contribution in [3.8, 4) is 5.75 Å². The average Bonchev–Trinajstić information content (AvgIpc) is 1.98. The van der Waals surface area contributed by atoms with Gasteiger partial charge in [-0.2, -0.15) is 0 Å². The van der Waals surface area contributed by atoms with Crippen LogP contribution in [0.1, 0.15) is 5.56 Å². The molecular formula is C7H7BrO3. The van der Waals surface area contributed by atoms with Crippen molar-refractivity contribution < 1.29 is 15.3 Å². The van der Waals surface area contributed by atoms with E-state index in [4.69, 9.17) is 10.4 Å². The number of rotatable bonds is 2. The number of hydrogen-bond acceptors (Lipinski definition) is 3. The van der Waals surface area contributed by atoms with E-state index in [9.17, 15) is 0 Å². The fourth-order valence-corrected chi connectivity index (χ4v) is 1.15. The van der Waals surface area contributed by atoms with Crippen molar-refractivity contribution in [1.82, 2.24) is 0 Å². The average molecular weight is 219 g/mol. The Morgan fingerprint density at radius 2 is 2.18 bits per heavy atom. The van der Waals surface area contributed by atoms with Crippen LogP contribution in [0.4, 0.5) is 0 Å². The Kier molecular flexibility index (Phi) is 2.87. The first kappa shape index (κ1) is 8.52. The van der Waals surface area contributed by atoms with Gasteiger partial charge in [-0.3, -0.25) is 5.26 Å². The first-order valence-electron chi connectivity index (χ1n) is 2.98. The first-order chi connectivity index (χ1) is 5.24. The minimum absolute atomic E-state index is 0.00866. The standard InChI is InChI=1S/C7H7BrO3/c8-6-1-2-7(9)5(3-6)4-11-10/h1-3,9-10H,4H2. The van der Waals surface area contributed by atoms with Crippen molar-refractivity contribution in [3.63, 3.8) is 0 Å². The van der Waals surface area contributed by atoms with E-state index in [1.807, 2.05) is 0 Å². The molecule has 0 fully saturated rings. The van der Waals surface area contributed by atoms with Crippen LogP contribution in [-0.2, 0) is 11.5 Å². The van der Waals surface area contributed by atoms with E-state index in [0.29, 0.717) is 5.56 Å². The van der Waals surface area contributed by atoms with Gasteiger partial charge in [0.2, 0.25) is 0 Å². The van der Waals surface area contributed by atoms with Crippen LogP contribution >= 0.6 is 15.9 Å². The highest BCUT2D eigenvalue weighted by Gasteiger charge is 2.00. The predicted octanol–water partition coefficient (Wildman–Crippen LogP) is 2.14. The lowest BCUT2D eigenvalue weighted by molar-refractivity contribution is -0.253. The molecule has 4 heteroatoms. The second-order valence-corrected chi connectivity index (χ2v) is 2.96. The summed E-state index contributed by atoms with van der Waals surface area (Å²) in [7, 11) is 0. The van der Waals surface area contributed by atoms with Gasteiger partial charge in [0.05, 0.1) is 0 Å². The molecule has 1 aromatic rings. The summed E-state index contributed by atoms with van der Waals surface area (Å²) >= 11 is 3.22. The summed E-state index contributed by atoms with van der Waals surface area (Å²) in [4.78, 5) is 3.88. The van der Waals surface area contributed by atoms with Crippen molar-refractivity contribution in [3.05, 3.63) is 28.2 Å².